The molecule has 0 aliphatic heterocycles. The summed E-state index contributed by atoms with van der Waals surface area (Å²) in [6.07, 6.45) is 2.23. The van der Waals surface area contributed by atoms with E-state index in [9.17, 15) is 4.79 Å². The van der Waals surface area contributed by atoms with Crippen LogP contribution in [0.4, 0.5) is 0 Å². The van der Waals surface area contributed by atoms with Gasteiger partial charge in [-0.2, -0.15) is 0 Å². The zero-order chi connectivity index (χ0) is 9.40. The molecule has 4 nitrogen and oxygen atoms in total. The zero-order valence-corrected chi connectivity index (χ0v) is 7.80. The minimum Gasteiger partial charge on any atom is -0.368 e. The molecule has 0 aromatic carbocycles. The van der Waals surface area contributed by atoms with Crippen molar-refractivity contribution in [2.45, 2.75) is 26.7 Å². The minimum absolute atomic E-state index is 0.0554. The van der Waals surface area contributed by atoms with Crippen molar-refractivity contribution in [1.82, 2.24) is 5.48 Å². The number of amides is 1. The molecule has 0 saturated heterocycles. The molecule has 0 aliphatic rings. The Labute approximate surface area is 73.4 Å². The van der Waals surface area contributed by atoms with Gasteiger partial charge in [0, 0.05) is 6.54 Å². The summed E-state index contributed by atoms with van der Waals surface area (Å²) in [4.78, 5) is 15.0. The van der Waals surface area contributed by atoms with E-state index in [1.807, 2.05) is 0 Å². The maximum Gasteiger partial charge on any atom is 0.245 e. The van der Waals surface area contributed by atoms with E-state index in [1.54, 1.807) is 0 Å². The van der Waals surface area contributed by atoms with Crippen LogP contribution in [-0.4, -0.2) is 19.1 Å². The molecule has 0 aromatic heterocycles. The van der Waals surface area contributed by atoms with Crippen molar-refractivity contribution in [3.8, 4) is 0 Å². The fourth-order valence-electron chi connectivity index (χ4n) is 0.876. The number of nitrogens with one attached hydrogen (secondary N) is 1. The Morgan fingerprint density at radius 1 is 1.50 bits per heavy atom. The number of hydrogen-bond acceptors (Lipinski definition) is 3. The second-order valence-electron chi connectivity index (χ2n) is 2.79. The number of hydroxylamine groups is 1. The van der Waals surface area contributed by atoms with Gasteiger partial charge in [0.2, 0.25) is 5.91 Å². The number of hydrogen-bond donors (Lipinski definition) is 2. The third-order valence-corrected chi connectivity index (χ3v) is 1.84. The van der Waals surface area contributed by atoms with Crippen LogP contribution in [0.2, 0.25) is 0 Å². The topological polar surface area (TPSA) is 64.3 Å². The molecule has 72 valence electrons. The largest absolute Gasteiger partial charge is 0.368 e. The van der Waals surface area contributed by atoms with Crippen molar-refractivity contribution >= 4 is 5.91 Å². The Morgan fingerprint density at radius 2 is 2.08 bits per heavy atom. The molecule has 4 heteroatoms. The quantitative estimate of drug-likeness (QED) is 0.434. The molecule has 0 heterocycles. The number of nitrogens with two attached hydrogens (primary N) is 1. The van der Waals surface area contributed by atoms with Crippen LogP contribution in [0, 0.1) is 5.92 Å². The molecule has 0 aromatic rings. The van der Waals surface area contributed by atoms with Crippen LogP contribution in [0.25, 0.3) is 0 Å². The van der Waals surface area contributed by atoms with Crippen LogP contribution in [0.15, 0.2) is 0 Å². The summed E-state index contributed by atoms with van der Waals surface area (Å²) < 4.78 is 0. The molecule has 3 N–H and O–H groups in total. The minimum atomic E-state index is -0.452. The molecule has 0 fully saturated rings. The lowest BCUT2D eigenvalue weighted by Gasteiger charge is -2.12. The predicted octanol–water partition coefficient (Wildman–Crippen LogP) is 0.429. The van der Waals surface area contributed by atoms with Crippen molar-refractivity contribution in [3.05, 3.63) is 0 Å². The second kappa shape index (κ2) is 7.06. The summed E-state index contributed by atoms with van der Waals surface area (Å²) in [7, 11) is 0. The third kappa shape index (κ3) is 6.12. The van der Waals surface area contributed by atoms with Crippen LogP contribution in [-0.2, 0) is 9.63 Å². The standard InChI is InChI=1S/C8H18N2O2/c1-3-7(4-2)5-10-12-6-8(9)11/h7,10H,3-6H2,1-2H3,(H2,9,11). The Bertz CT molecular complexity index is 124. The average molecular weight is 174 g/mol. The van der Waals surface area contributed by atoms with E-state index in [4.69, 9.17) is 10.6 Å². The Kier molecular flexibility index (Phi) is 6.70. The van der Waals surface area contributed by atoms with Gasteiger partial charge in [0.15, 0.2) is 0 Å². The van der Waals surface area contributed by atoms with Gasteiger partial charge in [-0.3, -0.25) is 9.63 Å². The van der Waals surface area contributed by atoms with E-state index in [-0.39, 0.29) is 6.61 Å². The van der Waals surface area contributed by atoms with E-state index < -0.39 is 5.91 Å². The van der Waals surface area contributed by atoms with Gasteiger partial charge in [-0.05, 0) is 5.92 Å². The number of primary amides is 1. The van der Waals surface area contributed by atoms with Gasteiger partial charge >= 0.3 is 0 Å². The predicted molar refractivity (Wildman–Crippen MR) is 47.2 cm³/mol. The molecular formula is C8H18N2O2. The van der Waals surface area contributed by atoms with E-state index >= 15 is 0 Å². The van der Waals surface area contributed by atoms with Crippen LogP contribution in [0.5, 0.6) is 0 Å². The maximum absolute atomic E-state index is 10.2. The fraction of sp³-hybridized carbons (Fsp3) is 0.875. The van der Waals surface area contributed by atoms with Crippen molar-refractivity contribution in [1.29, 1.82) is 0 Å². The smallest absolute Gasteiger partial charge is 0.245 e. The van der Waals surface area contributed by atoms with Gasteiger partial charge in [-0.1, -0.05) is 26.7 Å². The molecule has 0 spiro atoms. The van der Waals surface area contributed by atoms with Crippen LogP contribution in [0.1, 0.15) is 26.7 Å². The van der Waals surface area contributed by atoms with Crippen molar-refractivity contribution in [2.75, 3.05) is 13.2 Å². The van der Waals surface area contributed by atoms with Crippen LogP contribution in [0.3, 0.4) is 0 Å². The fourth-order valence-corrected chi connectivity index (χ4v) is 0.876. The van der Waals surface area contributed by atoms with Gasteiger partial charge in [-0.15, -0.1) is 0 Å². The lowest BCUT2D eigenvalue weighted by Crippen LogP contribution is -2.28. The lowest BCUT2D eigenvalue weighted by atomic mass is 10.0. The summed E-state index contributed by atoms with van der Waals surface area (Å²) in [5, 5.41) is 0. The average Bonchev–Trinajstić information content (AvgIpc) is 2.04. The summed E-state index contributed by atoms with van der Waals surface area (Å²) in [6.45, 7) is 4.98. The number of carbonyl (C=O) groups is 1. The van der Waals surface area contributed by atoms with Gasteiger partial charge in [0.1, 0.15) is 6.61 Å². The lowest BCUT2D eigenvalue weighted by molar-refractivity contribution is -0.125. The van der Waals surface area contributed by atoms with Crippen LogP contribution < -0.4 is 11.2 Å². The van der Waals surface area contributed by atoms with Crippen molar-refractivity contribution in [3.63, 3.8) is 0 Å². The SMILES string of the molecule is CCC(CC)CNOCC(N)=O. The number of rotatable bonds is 7. The normalized spacial score (nSPS) is 10.6. The van der Waals surface area contributed by atoms with Crippen molar-refractivity contribution in [2.24, 2.45) is 11.7 Å². The Morgan fingerprint density at radius 3 is 2.50 bits per heavy atom. The van der Waals surface area contributed by atoms with E-state index in [0.717, 1.165) is 19.4 Å². The van der Waals surface area contributed by atoms with Gasteiger partial charge < -0.3 is 5.73 Å². The van der Waals surface area contributed by atoms with Gasteiger partial charge in [0.25, 0.3) is 0 Å². The highest BCUT2D eigenvalue weighted by molar-refractivity contribution is 5.74. The Balaban J connectivity index is 3.23. The third-order valence-electron chi connectivity index (χ3n) is 1.84. The summed E-state index contributed by atoms with van der Waals surface area (Å²) in [6, 6.07) is 0. The monoisotopic (exact) mass is 174 g/mol. The molecule has 1 amide bonds. The highest BCUT2D eigenvalue weighted by Crippen LogP contribution is 2.04. The molecular weight excluding hydrogens is 156 g/mol. The molecule has 0 unspecified atom stereocenters. The summed E-state index contributed by atoms with van der Waals surface area (Å²) >= 11 is 0. The van der Waals surface area contributed by atoms with Gasteiger partial charge in [-0.25, -0.2) is 5.48 Å². The molecule has 12 heavy (non-hydrogen) atoms. The number of carbonyl (C=O) groups excluding carboxylic acids is 1. The maximum atomic E-state index is 10.2. The molecule has 0 radical (unpaired) electrons. The van der Waals surface area contributed by atoms with Gasteiger partial charge in [0.05, 0.1) is 0 Å². The molecule has 0 rings (SSSR count). The molecule has 0 aliphatic carbocycles. The first kappa shape index (κ1) is 11.4. The highest BCUT2D eigenvalue weighted by Gasteiger charge is 2.02. The van der Waals surface area contributed by atoms with Crippen molar-refractivity contribution < 1.29 is 9.63 Å². The first-order valence-corrected chi connectivity index (χ1v) is 4.33. The van der Waals surface area contributed by atoms with E-state index in [0.29, 0.717) is 5.92 Å². The summed E-state index contributed by atoms with van der Waals surface area (Å²) in [5.41, 5.74) is 7.59. The zero-order valence-electron chi connectivity index (χ0n) is 7.80. The summed E-state index contributed by atoms with van der Waals surface area (Å²) in [5.74, 6) is 0.157. The first-order valence-electron chi connectivity index (χ1n) is 4.33. The Hall–Kier alpha value is -0.610. The van der Waals surface area contributed by atoms with Crippen LogP contribution >= 0.6 is 0 Å². The highest BCUT2D eigenvalue weighted by atomic mass is 16.6. The molecule has 0 saturated carbocycles. The second-order valence-corrected chi connectivity index (χ2v) is 2.79. The van der Waals surface area contributed by atoms with E-state index in [2.05, 4.69) is 19.3 Å². The molecule has 0 bridgehead atoms. The molecule has 0 atom stereocenters. The van der Waals surface area contributed by atoms with E-state index in [1.165, 1.54) is 0 Å². The first-order chi connectivity index (χ1) is 5.70.